The van der Waals surface area contributed by atoms with Crippen LogP contribution >= 0.6 is 15.9 Å². The maximum absolute atomic E-state index is 11.4. The fraction of sp³-hybridized carbons (Fsp3) is 0.308. The molecule has 0 saturated carbocycles. The van der Waals surface area contributed by atoms with Gasteiger partial charge in [-0.25, -0.2) is 0 Å². The van der Waals surface area contributed by atoms with Gasteiger partial charge in [0, 0.05) is 24.7 Å². The van der Waals surface area contributed by atoms with Crippen LogP contribution in [0.15, 0.2) is 18.2 Å². The largest absolute Gasteiger partial charge is 0.312 e. The average Bonchev–Trinajstić information content (AvgIpc) is 2.69. The Morgan fingerprint density at radius 2 is 2.38 bits per heavy atom. The zero-order chi connectivity index (χ0) is 11.5. The summed E-state index contributed by atoms with van der Waals surface area (Å²) in [6.45, 7) is 2.40. The van der Waals surface area contributed by atoms with Crippen molar-refractivity contribution < 1.29 is 4.79 Å². The van der Waals surface area contributed by atoms with Crippen molar-refractivity contribution in [3.63, 3.8) is 0 Å². The lowest BCUT2D eigenvalue weighted by atomic mass is 10.1. The van der Waals surface area contributed by atoms with Gasteiger partial charge in [0.15, 0.2) is 0 Å². The molecule has 1 aliphatic rings. The van der Waals surface area contributed by atoms with E-state index in [1.807, 2.05) is 17.0 Å². The summed E-state index contributed by atoms with van der Waals surface area (Å²) in [6.07, 6.45) is 0.929. The first-order chi connectivity index (χ1) is 7.72. The van der Waals surface area contributed by atoms with Crippen LogP contribution in [-0.4, -0.2) is 17.8 Å². The van der Waals surface area contributed by atoms with Crippen molar-refractivity contribution in [2.45, 2.75) is 13.3 Å². The molecule has 0 fully saturated rings. The van der Waals surface area contributed by atoms with Gasteiger partial charge in [-0.05, 0) is 30.2 Å². The minimum Gasteiger partial charge on any atom is -0.312 e. The highest BCUT2D eigenvalue weighted by Crippen LogP contribution is 2.28. The van der Waals surface area contributed by atoms with Gasteiger partial charge >= 0.3 is 0 Å². The molecule has 0 N–H and O–H groups in total. The first kappa shape index (κ1) is 11.2. The maximum Gasteiger partial charge on any atom is 0.223 e. The first-order valence-electron chi connectivity index (χ1n) is 5.18. The van der Waals surface area contributed by atoms with Crippen LogP contribution in [0.2, 0.25) is 0 Å². The smallest absolute Gasteiger partial charge is 0.223 e. The van der Waals surface area contributed by atoms with Crippen LogP contribution in [-0.2, 0) is 11.2 Å². The van der Waals surface area contributed by atoms with E-state index in [9.17, 15) is 4.79 Å². The van der Waals surface area contributed by atoms with Crippen LogP contribution in [0.3, 0.4) is 0 Å². The number of carbonyl (C=O) groups excluding carboxylic acids is 1. The molecule has 82 valence electrons. The molecule has 0 spiro atoms. The van der Waals surface area contributed by atoms with Crippen molar-refractivity contribution in [3.8, 4) is 11.8 Å². The fourth-order valence-corrected chi connectivity index (χ4v) is 2.08. The zero-order valence-corrected chi connectivity index (χ0v) is 10.7. The number of alkyl halides is 1. The van der Waals surface area contributed by atoms with Gasteiger partial charge in [0.05, 0.1) is 5.33 Å². The molecule has 3 heteroatoms. The highest BCUT2D eigenvalue weighted by Gasteiger charge is 2.21. The molecule has 2 rings (SSSR count). The Hall–Kier alpha value is -1.27. The Labute approximate surface area is 104 Å². The minimum absolute atomic E-state index is 0.109. The quantitative estimate of drug-likeness (QED) is 0.527. The van der Waals surface area contributed by atoms with Crippen molar-refractivity contribution >= 4 is 27.5 Å². The Kier molecular flexibility index (Phi) is 3.31. The van der Waals surface area contributed by atoms with Crippen molar-refractivity contribution in [1.29, 1.82) is 0 Å². The number of hydrogen-bond acceptors (Lipinski definition) is 1. The van der Waals surface area contributed by atoms with Crippen molar-refractivity contribution in [2.24, 2.45) is 0 Å². The Morgan fingerprint density at radius 3 is 3.06 bits per heavy atom. The predicted octanol–water partition coefficient (Wildman–Crippen LogP) is 2.34. The summed E-state index contributed by atoms with van der Waals surface area (Å²) < 4.78 is 0. The normalized spacial score (nSPS) is 13.0. The van der Waals surface area contributed by atoms with Crippen LogP contribution in [0.1, 0.15) is 18.1 Å². The Morgan fingerprint density at radius 1 is 1.56 bits per heavy atom. The van der Waals surface area contributed by atoms with Crippen molar-refractivity contribution in [3.05, 3.63) is 29.3 Å². The van der Waals surface area contributed by atoms with E-state index in [4.69, 9.17) is 0 Å². The summed E-state index contributed by atoms with van der Waals surface area (Å²) in [4.78, 5) is 13.2. The number of hydrogen-bond donors (Lipinski definition) is 0. The number of benzene rings is 1. The number of amides is 1. The topological polar surface area (TPSA) is 20.3 Å². The van der Waals surface area contributed by atoms with E-state index in [1.165, 1.54) is 5.56 Å². The molecule has 0 bridgehead atoms. The third-order valence-electron chi connectivity index (χ3n) is 2.65. The van der Waals surface area contributed by atoms with Crippen molar-refractivity contribution in [1.82, 2.24) is 0 Å². The molecule has 0 atom stereocenters. The van der Waals surface area contributed by atoms with E-state index in [0.29, 0.717) is 5.33 Å². The molecular weight excluding hydrogens is 266 g/mol. The Bertz CT molecular complexity index is 484. The number of halogens is 1. The molecule has 16 heavy (non-hydrogen) atoms. The van der Waals surface area contributed by atoms with E-state index < -0.39 is 0 Å². The lowest BCUT2D eigenvalue weighted by Gasteiger charge is -2.14. The summed E-state index contributed by atoms with van der Waals surface area (Å²) in [6, 6.07) is 6.03. The van der Waals surface area contributed by atoms with Gasteiger partial charge in [-0.1, -0.05) is 27.8 Å². The third kappa shape index (κ3) is 2.12. The molecule has 0 aliphatic carbocycles. The molecule has 1 aliphatic heterocycles. The van der Waals surface area contributed by atoms with Gasteiger partial charge in [-0.3, -0.25) is 4.79 Å². The monoisotopic (exact) mass is 277 g/mol. The highest BCUT2D eigenvalue weighted by atomic mass is 79.9. The number of fused-ring (bicyclic) bond motifs is 1. The van der Waals surface area contributed by atoms with Gasteiger partial charge < -0.3 is 4.90 Å². The van der Waals surface area contributed by atoms with Gasteiger partial charge in [-0.2, -0.15) is 0 Å². The second-order valence-corrected chi connectivity index (χ2v) is 4.26. The Balaban J connectivity index is 2.32. The van der Waals surface area contributed by atoms with Crippen LogP contribution < -0.4 is 4.90 Å². The van der Waals surface area contributed by atoms with E-state index in [0.717, 1.165) is 24.2 Å². The third-order valence-corrected chi connectivity index (χ3v) is 2.94. The summed E-state index contributed by atoms with van der Waals surface area (Å²) >= 11 is 3.27. The maximum atomic E-state index is 11.4. The summed E-state index contributed by atoms with van der Waals surface area (Å²) in [5.74, 6) is 6.15. The average molecular weight is 278 g/mol. The van der Waals surface area contributed by atoms with Crippen LogP contribution in [0.4, 0.5) is 5.69 Å². The summed E-state index contributed by atoms with van der Waals surface area (Å²) in [5, 5.41) is 0.684. The van der Waals surface area contributed by atoms with Gasteiger partial charge in [-0.15, -0.1) is 0 Å². The molecule has 2 nitrogen and oxygen atoms in total. The van der Waals surface area contributed by atoms with E-state index in [-0.39, 0.29) is 5.91 Å². The predicted molar refractivity (Wildman–Crippen MR) is 68.8 cm³/mol. The van der Waals surface area contributed by atoms with Crippen LogP contribution in [0.5, 0.6) is 0 Å². The number of rotatable bonds is 0. The zero-order valence-electron chi connectivity index (χ0n) is 9.09. The van der Waals surface area contributed by atoms with Crippen LogP contribution in [0.25, 0.3) is 0 Å². The van der Waals surface area contributed by atoms with E-state index in [2.05, 4.69) is 33.8 Å². The summed E-state index contributed by atoms with van der Waals surface area (Å²) in [7, 11) is 0. The molecular formula is C13H12BrNO. The lowest BCUT2D eigenvalue weighted by molar-refractivity contribution is -0.116. The molecule has 1 aromatic rings. The van der Waals surface area contributed by atoms with E-state index >= 15 is 0 Å². The molecule has 0 saturated heterocycles. The SMILES string of the molecule is CC(=O)N1CCc2cc(C#CCBr)ccc21. The standard InChI is InChI=1S/C13H12BrNO/c1-10(16)15-8-6-12-9-11(3-2-7-14)4-5-13(12)15/h4-5,9H,6-8H2,1H3. The molecule has 0 aromatic heterocycles. The molecule has 0 unspecified atom stereocenters. The molecule has 0 radical (unpaired) electrons. The molecule has 1 amide bonds. The second kappa shape index (κ2) is 4.71. The summed E-state index contributed by atoms with van der Waals surface area (Å²) in [5.41, 5.74) is 3.28. The van der Waals surface area contributed by atoms with Gasteiger partial charge in [0.2, 0.25) is 5.91 Å². The van der Waals surface area contributed by atoms with Crippen molar-refractivity contribution in [2.75, 3.05) is 16.8 Å². The minimum atomic E-state index is 0.109. The van der Waals surface area contributed by atoms with Gasteiger partial charge in [0.1, 0.15) is 0 Å². The first-order valence-corrected chi connectivity index (χ1v) is 6.30. The number of carbonyl (C=O) groups is 1. The van der Waals surface area contributed by atoms with Crippen LogP contribution in [0, 0.1) is 11.8 Å². The lowest BCUT2D eigenvalue weighted by Crippen LogP contribution is -2.25. The van der Waals surface area contributed by atoms with E-state index in [1.54, 1.807) is 6.92 Å². The second-order valence-electron chi connectivity index (χ2n) is 3.70. The number of anilines is 1. The number of nitrogens with zero attached hydrogens (tertiary/aromatic N) is 1. The molecule has 1 heterocycles. The van der Waals surface area contributed by atoms with Gasteiger partial charge in [0.25, 0.3) is 0 Å². The molecule has 1 aromatic carbocycles. The fourth-order valence-electron chi connectivity index (χ4n) is 1.94. The highest BCUT2D eigenvalue weighted by molar-refractivity contribution is 9.09.